The molecule has 5 nitrogen and oxygen atoms in total. The molecule has 1 aliphatic rings. The summed E-state index contributed by atoms with van der Waals surface area (Å²) in [6, 6.07) is 1.56. The summed E-state index contributed by atoms with van der Waals surface area (Å²) in [5.74, 6) is 0.769. The number of rotatable bonds is 2. The summed E-state index contributed by atoms with van der Waals surface area (Å²) in [6.45, 7) is 2.86. The van der Waals surface area contributed by atoms with Crippen molar-refractivity contribution in [2.24, 2.45) is 11.8 Å². The molecule has 1 aromatic heterocycles. The van der Waals surface area contributed by atoms with Gasteiger partial charge in [0.2, 0.25) is 5.91 Å². The van der Waals surface area contributed by atoms with E-state index in [1.54, 1.807) is 6.07 Å². The maximum atomic E-state index is 11.7. The molecule has 1 amide bonds. The Morgan fingerprint density at radius 2 is 2.35 bits per heavy atom. The standard InChI is InChI=1S/C11H15ClN4O/c1-6-2-7(11(17)14-5-6)3-9-8(12)4-10(13)16-15-9/h4,6-7H,2-3,5H2,1H3,(H2,13,16)(H,14,17)/t6-,7?/m0/s1. The fraction of sp³-hybridized carbons (Fsp3) is 0.545. The highest BCUT2D eigenvalue weighted by atomic mass is 35.5. The second-order valence-electron chi connectivity index (χ2n) is 4.55. The molecule has 0 saturated carbocycles. The van der Waals surface area contributed by atoms with Crippen molar-refractivity contribution in [1.82, 2.24) is 15.5 Å². The Balaban J connectivity index is 2.11. The first-order valence-electron chi connectivity index (χ1n) is 5.61. The Kier molecular flexibility index (Phi) is 3.47. The fourth-order valence-corrected chi connectivity index (χ4v) is 2.28. The third kappa shape index (κ3) is 2.85. The largest absolute Gasteiger partial charge is 0.382 e. The van der Waals surface area contributed by atoms with Gasteiger partial charge in [-0.3, -0.25) is 4.79 Å². The Morgan fingerprint density at radius 3 is 3.06 bits per heavy atom. The summed E-state index contributed by atoms with van der Waals surface area (Å²) in [6.07, 6.45) is 1.37. The summed E-state index contributed by atoms with van der Waals surface area (Å²) >= 11 is 6.02. The SMILES string of the molecule is C[C@@H]1CNC(=O)C(Cc2nnc(N)cc2Cl)C1. The van der Waals surface area contributed by atoms with E-state index in [2.05, 4.69) is 22.4 Å². The van der Waals surface area contributed by atoms with E-state index in [4.69, 9.17) is 17.3 Å². The third-order valence-corrected chi connectivity index (χ3v) is 3.29. The molecule has 0 bridgehead atoms. The number of amides is 1. The lowest BCUT2D eigenvalue weighted by Gasteiger charge is -2.26. The molecule has 2 rings (SSSR count). The van der Waals surface area contributed by atoms with Gasteiger partial charge < -0.3 is 11.1 Å². The molecule has 0 radical (unpaired) electrons. The summed E-state index contributed by atoms with van der Waals surface area (Å²) < 4.78 is 0. The average molecular weight is 255 g/mol. The van der Waals surface area contributed by atoms with Crippen LogP contribution in [0.5, 0.6) is 0 Å². The second-order valence-corrected chi connectivity index (χ2v) is 4.96. The Morgan fingerprint density at radius 1 is 1.59 bits per heavy atom. The van der Waals surface area contributed by atoms with Crippen molar-refractivity contribution in [3.05, 3.63) is 16.8 Å². The van der Waals surface area contributed by atoms with Gasteiger partial charge in [-0.05, 0) is 12.3 Å². The molecule has 1 aliphatic heterocycles. The van der Waals surface area contributed by atoms with Gasteiger partial charge in [0.1, 0.15) is 5.82 Å². The molecular formula is C11H15ClN4O. The van der Waals surface area contributed by atoms with Crippen LogP contribution in [0.1, 0.15) is 19.0 Å². The minimum Gasteiger partial charge on any atom is -0.382 e. The number of nitrogens with two attached hydrogens (primary N) is 1. The predicted octanol–water partition coefficient (Wildman–Crippen LogP) is 1.03. The lowest BCUT2D eigenvalue weighted by atomic mass is 9.88. The van der Waals surface area contributed by atoms with Gasteiger partial charge in [0.25, 0.3) is 0 Å². The molecular weight excluding hydrogens is 240 g/mol. The van der Waals surface area contributed by atoms with Crippen molar-refractivity contribution in [1.29, 1.82) is 0 Å². The van der Waals surface area contributed by atoms with Gasteiger partial charge in [-0.15, -0.1) is 5.10 Å². The van der Waals surface area contributed by atoms with Crippen LogP contribution >= 0.6 is 11.6 Å². The number of carbonyl (C=O) groups excluding carboxylic acids is 1. The number of nitrogen functional groups attached to an aromatic ring is 1. The fourth-order valence-electron chi connectivity index (χ4n) is 2.05. The van der Waals surface area contributed by atoms with Crippen molar-refractivity contribution in [2.45, 2.75) is 19.8 Å². The zero-order valence-corrected chi connectivity index (χ0v) is 10.4. The van der Waals surface area contributed by atoms with Gasteiger partial charge in [0, 0.05) is 24.9 Å². The van der Waals surface area contributed by atoms with Crippen LogP contribution < -0.4 is 11.1 Å². The average Bonchev–Trinajstić information content (AvgIpc) is 2.27. The number of hydrogen-bond acceptors (Lipinski definition) is 4. The molecule has 1 unspecified atom stereocenters. The maximum absolute atomic E-state index is 11.7. The van der Waals surface area contributed by atoms with Gasteiger partial charge in [0.05, 0.1) is 10.7 Å². The van der Waals surface area contributed by atoms with Crippen LogP contribution in [-0.2, 0) is 11.2 Å². The van der Waals surface area contributed by atoms with E-state index in [1.807, 2.05) is 0 Å². The summed E-state index contributed by atoms with van der Waals surface area (Å²) in [7, 11) is 0. The number of nitrogens with zero attached hydrogens (tertiary/aromatic N) is 2. The lowest BCUT2D eigenvalue weighted by molar-refractivity contribution is -0.127. The first kappa shape index (κ1) is 12.1. The highest BCUT2D eigenvalue weighted by Gasteiger charge is 2.27. The number of carbonyl (C=O) groups is 1. The normalized spacial score (nSPS) is 24.5. The number of aromatic nitrogens is 2. The van der Waals surface area contributed by atoms with E-state index in [0.717, 1.165) is 13.0 Å². The highest BCUT2D eigenvalue weighted by Crippen LogP contribution is 2.24. The third-order valence-electron chi connectivity index (χ3n) is 2.96. The molecule has 6 heteroatoms. The molecule has 0 aliphatic carbocycles. The first-order valence-corrected chi connectivity index (χ1v) is 5.99. The number of halogens is 1. The van der Waals surface area contributed by atoms with Crippen molar-refractivity contribution in [3.63, 3.8) is 0 Å². The maximum Gasteiger partial charge on any atom is 0.223 e. The van der Waals surface area contributed by atoms with Crippen LogP contribution in [0.3, 0.4) is 0 Å². The predicted molar refractivity (Wildman–Crippen MR) is 65.4 cm³/mol. The van der Waals surface area contributed by atoms with Crippen LogP contribution in [0.2, 0.25) is 5.02 Å². The topological polar surface area (TPSA) is 80.9 Å². The van der Waals surface area contributed by atoms with E-state index in [0.29, 0.717) is 28.9 Å². The smallest absolute Gasteiger partial charge is 0.223 e. The van der Waals surface area contributed by atoms with Crippen LogP contribution in [0, 0.1) is 11.8 Å². The van der Waals surface area contributed by atoms with E-state index in [9.17, 15) is 4.79 Å². The molecule has 0 spiro atoms. The van der Waals surface area contributed by atoms with Crippen LogP contribution in [0.4, 0.5) is 5.82 Å². The van der Waals surface area contributed by atoms with E-state index >= 15 is 0 Å². The lowest BCUT2D eigenvalue weighted by Crippen LogP contribution is -2.41. The van der Waals surface area contributed by atoms with Crippen molar-refractivity contribution in [3.8, 4) is 0 Å². The van der Waals surface area contributed by atoms with Crippen molar-refractivity contribution >= 4 is 23.3 Å². The minimum absolute atomic E-state index is 0.0674. The summed E-state index contributed by atoms with van der Waals surface area (Å²) in [4.78, 5) is 11.7. The number of piperidine rings is 1. The van der Waals surface area contributed by atoms with Crippen molar-refractivity contribution < 1.29 is 4.79 Å². The molecule has 92 valence electrons. The molecule has 1 fully saturated rings. The molecule has 1 saturated heterocycles. The van der Waals surface area contributed by atoms with E-state index in [1.165, 1.54) is 0 Å². The van der Waals surface area contributed by atoms with Crippen LogP contribution in [0.15, 0.2) is 6.07 Å². The van der Waals surface area contributed by atoms with Gasteiger partial charge >= 0.3 is 0 Å². The summed E-state index contributed by atoms with van der Waals surface area (Å²) in [5, 5.41) is 11.1. The molecule has 2 atom stereocenters. The molecule has 3 N–H and O–H groups in total. The summed E-state index contributed by atoms with van der Waals surface area (Å²) in [5.41, 5.74) is 6.11. The molecule has 0 aromatic carbocycles. The Bertz CT molecular complexity index is 437. The zero-order chi connectivity index (χ0) is 12.4. The zero-order valence-electron chi connectivity index (χ0n) is 9.61. The van der Waals surface area contributed by atoms with Crippen LogP contribution in [0.25, 0.3) is 0 Å². The molecule has 17 heavy (non-hydrogen) atoms. The van der Waals surface area contributed by atoms with E-state index < -0.39 is 0 Å². The van der Waals surface area contributed by atoms with Gasteiger partial charge in [0.15, 0.2) is 0 Å². The Labute approximate surface area is 105 Å². The number of hydrogen-bond donors (Lipinski definition) is 2. The monoisotopic (exact) mass is 254 g/mol. The second kappa shape index (κ2) is 4.87. The first-order chi connectivity index (χ1) is 8.06. The highest BCUT2D eigenvalue weighted by molar-refractivity contribution is 6.31. The number of anilines is 1. The van der Waals surface area contributed by atoms with Gasteiger partial charge in [-0.25, -0.2) is 0 Å². The van der Waals surface area contributed by atoms with Gasteiger partial charge in [-0.2, -0.15) is 5.10 Å². The quantitative estimate of drug-likeness (QED) is 0.826. The Hall–Kier alpha value is -1.36. The van der Waals surface area contributed by atoms with Gasteiger partial charge in [-0.1, -0.05) is 18.5 Å². The van der Waals surface area contributed by atoms with E-state index in [-0.39, 0.29) is 11.8 Å². The molecule has 1 aromatic rings. The van der Waals surface area contributed by atoms with Crippen LogP contribution in [-0.4, -0.2) is 22.6 Å². The minimum atomic E-state index is -0.0748. The molecule has 2 heterocycles. The van der Waals surface area contributed by atoms with Crippen molar-refractivity contribution in [2.75, 3.05) is 12.3 Å². The number of nitrogens with one attached hydrogen (secondary N) is 1.